The Labute approximate surface area is 227 Å². The molecule has 1 aromatic heterocycles. The van der Waals surface area contributed by atoms with Crippen molar-refractivity contribution >= 4 is 36.7 Å². The predicted molar refractivity (Wildman–Crippen MR) is 163 cm³/mol. The van der Waals surface area contributed by atoms with Crippen LogP contribution in [0.5, 0.6) is 0 Å². The van der Waals surface area contributed by atoms with Crippen LogP contribution in [0.25, 0.3) is 5.69 Å². The molecular weight excluding hydrogens is 539 g/mol. The Morgan fingerprint density at radius 2 is 1.08 bits per heavy atom. The van der Waals surface area contributed by atoms with Crippen molar-refractivity contribution in [2.24, 2.45) is 0 Å². The number of benzene rings is 4. The van der Waals surface area contributed by atoms with Crippen LogP contribution in [0.1, 0.15) is 18.5 Å². The molecule has 0 bridgehead atoms. The fourth-order valence-electron chi connectivity index (χ4n) is 5.42. The van der Waals surface area contributed by atoms with Gasteiger partial charge in [0.2, 0.25) is 0 Å². The summed E-state index contributed by atoms with van der Waals surface area (Å²) < 4.78 is 3.92. The van der Waals surface area contributed by atoms with E-state index in [-0.39, 0.29) is 5.56 Å². The summed E-state index contributed by atoms with van der Waals surface area (Å²) in [4.78, 5) is 12.8. The Balaban J connectivity index is 1.52. The summed E-state index contributed by atoms with van der Waals surface area (Å²) in [6.07, 6.45) is 2.94. The summed E-state index contributed by atoms with van der Waals surface area (Å²) in [7, 11) is 0. The number of nitrogens with zero attached hydrogens (tertiary/aromatic N) is 2. The standard InChI is InChI=1S/C32H32BrN2OP/c1-27-26-32(36)35(28-16-6-2-7-17-28)34(27)24-14-15-25-37(33,29-18-8-3-9-19-29,30-20-10-4-11-21-30)31-22-12-5-13-23-31/h2-13,16-23,26H,14-15,24-25H2,1H3. The SMILES string of the molecule is Cc1cc(=O)n(-c2ccccc2)n1CCCCP(Br)(c1ccccc1)(c1ccccc1)c1ccccc1. The van der Waals surface area contributed by atoms with Crippen molar-refractivity contribution in [2.45, 2.75) is 26.3 Å². The molecule has 0 spiro atoms. The van der Waals surface area contributed by atoms with Crippen LogP contribution >= 0.6 is 20.8 Å². The Hall–Kier alpha value is -3.20. The first-order valence-corrected chi connectivity index (χ1v) is 17.2. The van der Waals surface area contributed by atoms with Crippen LogP contribution in [0, 0.1) is 6.92 Å². The van der Waals surface area contributed by atoms with E-state index < -0.39 is 5.31 Å². The molecule has 0 atom stereocenters. The number of aromatic nitrogens is 2. The van der Waals surface area contributed by atoms with Crippen LogP contribution in [0.3, 0.4) is 0 Å². The summed E-state index contributed by atoms with van der Waals surface area (Å²) in [6, 6.07) is 44.4. The molecule has 0 aliphatic rings. The molecule has 0 saturated carbocycles. The van der Waals surface area contributed by atoms with Gasteiger partial charge in [0.05, 0.1) is 0 Å². The van der Waals surface area contributed by atoms with Gasteiger partial charge in [-0.15, -0.1) is 0 Å². The third kappa shape index (κ3) is 4.65. The summed E-state index contributed by atoms with van der Waals surface area (Å²) in [5, 5.41) is 1.08. The quantitative estimate of drug-likeness (QED) is 0.145. The van der Waals surface area contributed by atoms with Gasteiger partial charge in [-0.3, -0.25) is 0 Å². The van der Waals surface area contributed by atoms with E-state index in [1.807, 2.05) is 37.3 Å². The van der Waals surface area contributed by atoms with Gasteiger partial charge in [0, 0.05) is 0 Å². The van der Waals surface area contributed by atoms with Crippen molar-refractivity contribution in [3.05, 3.63) is 143 Å². The number of unbranched alkanes of at least 4 members (excludes halogenated alkanes) is 1. The Bertz CT molecular complexity index is 1410. The molecule has 0 saturated heterocycles. The normalized spacial score (nSPS) is 12.6. The van der Waals surface area contributed by atoms with Crippen molar-refractivity contribution in [3.8, 4) is 5.69 Å². The summed E-state index contributed by atoms with van der Waals surface area (Å²) in [6.45, 7) is 2.80. The van der Waals surface area contributed by atoms with Gasteiger partial charge >= 0.3 is 228 Å². The van der Waals surface area contributed by atoms with Crippen LogP contribution in [-0.4, -0.2) is 15.5 Å². The molecule has 0 N–H and O–H groups in total. The maximum atomic E-state index is 12.8. The second-order valence-corrected chi connectivity index (χ2v) is 18.6. The number of para-hydroxylation sites is 1. The van der Waals surface area contributed by atoms with E-state index in [1.165, 1.54) is 15.9 Å². The van der Waals surface area contributed by atoms with E-state index in [0.717, 1.165) is 36.9 Å². The topological polar surface area (TPSA) is 26.9 Å². The molecule has 0 aliphatic carbocycles. The summed E-state index contributed by atoms with van der Waals surface area (Å²) in [5.41, 5.74) is 1.90. The molecule has 4 aromatic carbocycles. The Kier molecular flexibility index (Phi) is 7.33. The second-order valence-electron chi connectivity index (χ2n) is 9.51. The van der Waals surface area contributed by atoms with Gasteiger partial charge in [0.15, 0.2) is 0 Å². The average Bonchev–Trinajstić information content (AvgIpc) is 3.25. The van der Waals surface area contributed by atoms with E-state index in [2.05, 4.69) is 111 Å². The third-order valence-electron chi connectivity index (χ3n) is 7.27. The van der Waals surface area contributed by atoms with Crippen molar-refractivity contribution in [3.63, 3.8) is 0 Å². The number of rotatable bonds is 9. The van der Waals surface area contributed by atoms with E-state index in [9.17, 15) is 4.79 Å². The first-order valence-electron chi connectivity index (χ1n) is 12.8. The summed E-state index contributed by atoms with van der Waals surface area (Å²) in [5.74, 6) is 0. The molecule has 0 unspecified atom stereocenters. The van der Waals surface area contributed by atoms with Crippen molar-refractivity contribution < 1.29 is 0 Å². The number of hydrogen-bond acceptors (Lipinski definition) is 1. The average molecular weight is 571 g/mol. The van der Waals surface area contributed by atoms with Gasteiger partial charge in [-0.05, 0) is 0 Å². The van der Waals surface area contributed by atoms with E-state index in [4.69, 9.17) is 0 Å². The molecule has 188 valence electrons. The van der Waals surface area contributed by atoms with Gasteiger partial charge in [-0.1, -0.05) is 0 Å². The molecule has 1 heterocycles. The minimum absolute atomic E-state index is 0.0154. The van der Waals surface area contributed by atoms with Crippen LogP contribution in [0.4, 0.5) is 0 Å². The van der Waals surface area contributed by atoms with Gasteiger partial charge in [-0.25, -0.2) is 0 Å². The van der Waals surface area contributed by atoms with Crippen molar-refractivity contribution in [1.29, 1.82) is 0 Å². The van der Waals surface area contributed by atoms with E-state index in [1.54, 1.807) is 10.7 Å². The fourth-order valence-corrected chi connectivity index (χ4v) is 13.2. The van der Waals surface area contributed by atoms with Crippen LogP contribution in [-0.2, 0) is 6.54 Å². The van der Waals surface area contributed by atoms with Gasteiger partial charge < -0.3 is 0 Å². The van der Waals surface area contributed by atoms with Gasteiger partial charge in [-0.2, -0.15) is 0 Å². The molecule has 5 rings (SSSR count). The summed E-state index contributed by atoms with van der Waals surface area (Å²) >= 11 is 4.54. The minimum atomic E-state index is -2.93. The van der Waals surface area contributed by atoms with Gasteiger partial charge in [0.25, 0.3) is 0 Å². The predicted octanol–water partition coefficient (Wildman–Crippen LogP) is 6.57. The van der Waals surface area contributed by atoms with Crippen molar-refractivity contribution in [1.82, 2.24) is 9.36 Å². The van der Waals surface area contributed by atoms with E-state index in [0.29, 0.717) is 0 Å². The first-order chi connectivity index (χ1) is 18.0. The number of hydrogen-bond donors (Lipinski definition) is 0. The zero-order valence-electron chi connectivity index (χ0n) is 21.1. The number of aryl methyl sites for hydroxylation is 1. The zero-order valence-corrected chi connectivity index (χ0v) is 23.6. The molecule has 37 heavy (non-hydrogen) atoms. The van der Waals surface area contributed by atoms with Crippen LogP contribution in [0.15, 0.2) is 132 Å². The Morgan fingerprint density at radius 1 is 0.649 bits per heavy atom. The number of halogens is 1. The fraction of sp³-hybridized carbons (Fsp3) is 0.156. The molecule has 0 amide bonds. The van der Waals surface area contributed by atoms with Crippen LogP contribution in [0.2, 0.25) is 0 Å². The molecule has 3 nitrogen and oxygen atoms in total. The second kappa shape index (κ2) is 10.7. The molecule has 0 radical (unpaired) electrons. The van der Waals surface area contributed by atoms with Crippen LogP contribution < -0.4 is 21.5 Å². The molecule has 5 heteroatoms. The third-order valence-corrected chi connectivity index (χ3v) is 17.3. The molecule has 5 aromatic rings. The monoisotopic (exact) mass is 570 g/mol. The zero-order chi connectivity index (χ0) is 25.7. The molecular formula is C32H32BrN2OP. The van der Waals surface area contributed by atoms with Gasteiger partial charge in [0.1, 0.15) is 0 Å². The van der Waals surface area contributed by atoms with E-state index >= 15 is 0 Å². The maximum absolute atomic E-state index is 12.8. The van der Waals surface area contributed by atoms with Crippen molar-refractivity contribution in [2.75, 3.05) is 6.16 Å². The molecule has 0 fully saturated rings. The first kappa shape index (κ1) is 25.4. The molecule has 0 aliphatic heterocycles. The Morgan fingerprint density at radius 3 is 1.54 bits per heavy atom.